The summed E-state index contributed by atoms with van der Waals surface area (Å²) in [6, 6.07) is 17.6. The maximum atomic E-state index is 12.6. The highest BCUT2D eigenvalue weighted by Crippen LogP contribution is 2.20. The molecule has 1 aliphatic rings. The molecule has 25 heavy (non-hydrogen) atoms. The molecule has 3 rings (SSSR count). The fourth-order valence-electron chi connectivity index (χ4n) is 2.98. The molecule has 0 spiro atoms. The standard InChI is InChI=1S/C20H23ClN2OS/c21-18-7-9-19(10-8-18)25-16-15-22-11-4-12-23(14-13-22)20(24)17-5-2-1-3-6-17/h1-3,5-10H,4,11-16H2. The van der Waals surface area contributed by atoms with Crippen LogP contribution in [0.2, 0.25) is 5.02 Å². The smallest absolute Gasteiger partial charge is 0.253 e. The van der Waals surface area contributed by atoms with E-state index in [2.05, 4.69) is 17.0 Å². The van der Waals surface area contributed by atoms with Crippen molar-refractivity contribution in [1.29, 1.82) is 0 Å². The fourth-order valence-corrected chi connectivity index (χ4v) is 4.02. The third kappa shape index (κ3) is 5.50. The third-order valence-electron chi connectivity index (χ3n) is 4.39. The molecule has 0 N–H and O–H groups in total. The Hall–Kier alpha value is -1.49. The summed E-state index contributed by atoms with van der Waals surface area (Å²) in [6.07, 6.45) is 1.03. The van der Waals surface area contributed by atoms with Gasteiger partial charge in [0.25, 0.3) is 5.91 Å². The first-order valence-corrected chi connectivity index (χ1v) is 10.0. The first-order valence-electron chi connectivity index (χ1n) is 8.67. The molecule has 5 heteroatoms. The van der Waals surface area contributed by atoms with Gasteiger partial charge in [0.1, 0.15) is 0 Å². The predicted octanol–water partition coefficient (Wildman–Crippen LogP) is 4.28. The number of hydrogen-bond acceptors (Lipinski definition) is 3. The Morgan fingerprint density at radius 1 is 0.960 bits per heavy atom. The van der Waals surface area contributed by atoms with Gasteiger partial charge >= 0.3 is 0 Å². The zero-order valence-electron chi connectivity index (χ0n) is 14.2. The van der Waals surface area contributed by atoms with Crippen molar-refractivity contribution in [2.45, 2.75) is 11.3 Å². The van der Waals surface area contributed by atoms with Gasteiger partial charge in [0.15, 0.2) is 0 Å². The van der Waals surface area contributed by atoms with Crippen LogP contribution in [-0.4, -0.2) is 54.2 Å². The minimum Gasteiger partial charge on any atom is -0.337 e. The molecule has 0 atom stereocenters. The molecule has 0 saturated carbocycles. The van der Waals surface area contributed by atoms with Crippen molar-refractivity contribution in [3.8, 4) is 0 Å². The Morgan fingerprint density at radius 2 is 1.72 bits per heavy atom. The Bertz CT molecular complexity index is 678. The van der Waals surface area contributed by atoms with Gasteiger partial charge in [0.2, 0.25) is 0 Å². The number of benzene rings is 2. The van der Waals surface area contributed by atoms with Crippen LogP contribution in [0.1, 0.15) is 16.8 Å². The minimum absolute atomic E-state index is 0.151. The van der Waals surface area contributed by atoms with E-state index >= 15 is 0 Å². The molecule has 0 aliphatic carbocycles. The number of carbonyl (C=O) groups is 1. The largest absolute Gasteiger partial charge is 0.337 e. The number of halogens is 1. The Kier molecular flexibility index (Phi) is 6.79. The summed E-state index contributed by atoms with van der Waals surface area (Å²) in [5.74, 6) is 1.20. The van der Waals surface area contributed by atoms with Crippen LogP contribution < -0.4 is 0 Å². The van der Waals surface area contributed by atoms with Crippen LogP contribution in [0.25, 0.3) is 0 Å². The lowest BCUT2D eigenvalue weighted by Gasteiger charge is -2.22. The van der Waals surface area contributed by atoms with E-state index in [1.165, 1.54) is 4.90 Å². The molecule has 2 aromatic rings. The van der Waals surface area contributed by atoms with Crippen LogP contribution in [-0.2, 0) is 0 Å². The summed E-state index contributed by atoms with van der Waals surface area (Å²) < 4.78 is 0. The molecule has 0 aromatic heterocycles. The van der Waals surface area contributed by atoms with Gasteiger partial charge in [-0.1, -0.05) is 29.8 Å². The van der Waals surface area contributed by atoms with Gasteiger partial charge in [-0.25, -0.2) is 0 Å². The van der Waals surface area contributed by atoms with E-state index in [0.717, 1.165) is 55.5 Å². The molecule has 0 unspecified atom stereocenters. The lowest BCUT2D eigenvalue weighted by atomic mass is 10.2. The van der Waals surface area contributed by atoms with Crippen LogP contribution in [0.15, 0.2) is 59.5 Å². The molecule has 0 radical (unpaired) electrons. The minimum atomic E-state index is 0.151. The van der Waals surface area contributed by atoms with Crippen molar-refractivity contribution in [3.63, 3.8) is 0 Å². The van der Waals surface area contributed by atoms with Crippen LogP contribution in [0, 0.1) is 0 Å². The Labute approximate surface area is 159 Å². The monoisotopic (exact) mass is 374 g/mol. The number of rotatable bonds is 5. The van der Waals surface area contributed by atoms with E-state index in [1.54, 1.807) is 0 Å². The second-order valence-corrected chi connectivity index (χ2v) is 7.76. The van der Waals surface area contributed by atoms with E-state index < -0.39 is 0 Å². The van der Waals surface area contributed by atoms with Crippen LogP contribution >= 0.6 is 23.4 Å². The quantitative estimate of drug-likeness (QED) is 0.730. The van der Waals surface area contributed by atoms with Crippen molar-refractivity contribution >= 4 is 29.3 Å². The molecule has 0 bridgehead atoms. The summed E-state index contributed by atoms with van der Waals surface area (Å²) in [5, 5.41) is 0.778. The van der Waals surface area contributed by atoms with Gasteiger partial charge in [-0.2, -0.15) is 0 Å². The lowest BCUT2D eigenvalue weighted by Crippen LogP contribution is -2.35. The molecule has 1 amide bonds. The summed E-state index contributed by atoms with van der Waals surface area (Å²) in [4.78, 5) is 18.3. The van der Waals surface area contributed by atoms with Crippen molar-refractivity contribution in [2.75, 3.05) is 38.5 Å². The SMILES string of the molecule is O=C(c1ccccc1)N1CCCN(CCSc2ccc(Cl)cc2)CC1. The molecular weight excluding hydrogens is 352 g/mol. The van der Waals surface area contributed by atoms with E-state index in [-0.39, 0.29) is 5.91 Å². The van der Waals surface area contributed by atoms with Gasteiger partial charge in [-0.05, 0) is 49.4 Å². The summed E-state index contributed by atoms with van der Waals surface area (Å²) in [6.45, 7) is 4.69. The van der Waals surface area contributed by atoms with Crippen LogP contribution in [0.4, 0.5) is 0 Å². The highest BCUT2D eigenvalue weighted by molar-refractivity contribution is 7.99. The van der Waals surface area contributed by atoms with Crippen molar-refractivity contribution in [3.05, 3.63) is 65.2 Å². The molecule has 132 valence electrons. The maximum Gasteiger partial charge on any atom is 0.253 e. The number of amides is 1. The van der Waals surface area contributed by atoms with Crippen LogP contribution in [0.5, 0.6) is 0 Å². The van der Waals surface area contributed by atoms with Gasteiger partial charge in [-0.3, -0.25) is 4.79 Å². The van der Waals surface area contributed by atoms with Crippen molar-refractivity contribution in [2.24, 2.45) is 0 Å². The molecule has 1 saturated heterocycles. The second kappa shape index (κ2) is 9.27. The lowest BCUT2D eigenvalue weighted by molar-refractivity contribution is 0.0762. The second-order valence-electron chi connectivity index (χ2n) is 6.16. The predicted molar refractivity (Wildman–Crippen MR) is 106 cm³/mol. The van der Waals surface area contributed by atoms with Gasteiger partial charge in [0.05, 0.1) is 0 Å². The van der Waals surface area contributed by atoms with Gasteiger partial charge in [-0.15, -0.1) is 11.8 Å². The molecule has 2 aromatic carbocycles. The molecular formula is C20H23ClN2OS. The summed E-state index contributed by atoms with van der Waals surface area (Å²) in [5.41, 5.74) is 0.786. The average molecular weight is 375 g/mol. The maximum absolute atomic E-state index is 12.6. The van der Waals surface area contributed by atoms with Crippen molar-refractivity contribution in [1.82, 2.24) is 9.80 Å². The van der Waals surface area contributed by atoms with E-state index in [4.69, 9.17) is 11.6 Å². The van der Waals surface area contributed by atoms with Crippen molar-refractivity contribution < 1.29 is 4.79 Å². The van der Waals surface area contributed by atoms with E-state index in [9.17, 15) is 4.79 Å². The fraction of sp³-hybridized carbons (Fsp3) is 0.350. The number of hydrogen-bond donors (Lipinski definition) is 0. The normalized spacial score (nSPS) is 15.8. The Morgan fingerprint density at radius 3 is 2.48 bits per heavy atom. The summed E-state index contributed by atoms with van der Waals surface area (Å²) in [7, 11) is 0. The Balaban J connectivity index is 1.45. The van der Waals surface area contributed by atoms with Gasteiger partial charge < -0.3 is 9.80 Å². The van der Waals surface area contributed by atoms with E-state index in [1.807, 2.05) is 59.1 Å². The third-order valence-corrected chi connectivity index (χ3v) is 5.63. The highest BCUT2D eigenvalue weighted by Gasteiger charge is 2.19. The first-order chi connectivity index (χ1) is 12.2. The number of carbonyl (C=O) groups excluding carboxylic acids is 1. The van der Waals surface area contributed by atoms with Crippen LogP contribution in [0.3, 0.4) is 0 Å². The summed E-state index contributed by atoms with van der Waals surface area (Å²) >= 11 is 7.77. The zero-order valence-corrected chi connectivity index (χ0v) is 15.8. The zero-order chi connectivity index (χ0) is 17.5. The molecule has 3 nitrogen and oxygen atoms in total. The first kappa shape index (κ1) is 18.3. The molecule has 1 fully saturated rings. The average Bonchev–Trinajstić information content (AvgIpc) is 2.89. The molecule has 1 aliphatic heterocycles. The number of nitrogens with zero attached hydrogens (tertiary/aromatic N) is 2. The molecule has 1 heterocycles. The highest BCUT2D eigenvalue weighted by atomic mass is 35.5. The van der Waals surface area contributed by atoms with E-state index in [0.29, 0.717) is 0 Å². The van der Waals surface area contributed by atoms with Gasteiger partial charge in [0, 0.05) is 47.4 Å². The number of thioether (sulfide) groups is 1. The topological polar surface area (TPSA) is 23.6 Å².